The first-order valence-corrected chi connectivity index (χ1v) is 8.02. The quantitative estimate of drug-likeness (QED) is 0.754. The number of hydrogen-bond acceptors (Lipinski definition) is 5. The van der Waals surface area contributed by atoms with E-state index in [0.29, 0.717) is 12.8 Å². The van der Waals surface area contributed by atoms with Gasteiger partial charge in [0.25, 0.3) is 0 Å². The summed E-state index contributed by atoms with van der Waals surface area (Å²) in [6, 6.07) is 1.90. The van der Waals surface area contributed by atoms with Crippen LogP contribution < -0.4 is 5.73 Å². The summed E-state index contributed by atoms with van der Waals surface area (Å²) < 4.78 is 77.2. The molecule has 2 bridgehead atoms. The lowest BCUT2D eigenvalue weighted by molar-refractivity contribution is -0.351. The first-order chi connectivity index (χ1) is 12.2. The normalized spacial score (nSPS) is 34.5. The summed E-state index contributed by atoms with van der Waals surface area (Å²) in [6.45, 7) is 0. The number of nitrogens with zero attached hydrogens (tertiary/aromatic N) is 1. The Morgan fingerprint density at radius 3 is 2.15 bits per heavy atom. The van der Waals surface area contributed by atoms with Gasteiger partial charge in [-0.2, -0.15) is 13.2 Å². The van der Waals surface area contributed by atoms with Gasteiger partial charge in [-0.1, -0.05) is 5.16 Å². The maximum atomic E-state index is 12.0. The topological polar surface area (TPSA) is 98.6 Å². The van der Waals surface area contributed by atoms with Crippen LogP contribution in [0.15, 0.2) is 10.6 Å². The van der Waals surface area contributed by atoms with Gasteiger partial charge in [-0.25, -0.2) is 4.79 Å². The van der Waals surface area contributed by atoms with Crippen molar-refractivity contribution in [3.63, 3.8) is 0 Å². The monoisotopic (exact) mass is 402 g/mol. The van der Waals surface area contributed by atoms with Crippen LogP contribution in [0.4, 0.5) is 26.3 Å². The third kappa shape index (κ3) is 4.05. The van der Waals surface area contributed by atoms with Crippen LogP contribution in [0.5, 0.6) is 0 Å². The summed E-state index contributed by atoms with van der Waals surface area (Å²) in [7, 11) is 0. The number of carbonyl (C=O) groups is 1. The highest BCUT2D eigenvalue weighted by Gasteiger charge is 2.68. The van der Waals surface area contributed by atoms with Crippen molar-refractivity contribution in [2.75, 3.05) is 0 Å². The van der Waals surface area contributed by atoms with Crippen LogP contribution >= 0.6 is 0 Å². The van der Waals surface area contributed by atoms with Crippen molar-refractivity contribution in [1.82, 2.24) is 5.16 Å². The molecule has 0 atom stereocenters. The van der Waals surface area contributed by atoms with E-state index in [-0.39, 0.29) is 16.9 Å². The molecule has 0 aromatic carbocycles. The molecular weight excluding hydrogens is 386 g/mol. The fourth-order valence-electron chi connectivity index (χ4n) is 3.95. The molecule has 4 aliphatic rings. The highest BCUT2D eigenvalue weighted by molar-refractivity contribution is 5.73. The Labute approximate surface area is 148 Å². The van der Waals surface area contributed by atoms with Crippen molar-refractivity contribution in [3.8, 4) is 0 Å². The zero-order valence-electron chi connectivity index (χ0n) is 13.7. The van der Waals surface area contributed by atoms with Crippen molar-refractivity contribution in [2.45, 2.75) is 67.6 Å². The van der Waals surface area contributed by atoms with Crippen molar-refractivity contribution >= 4 is 5.97 Å². The van der Waals surface area contributed by atoms with Crippen molar-refractivity contribution in [2.24, 2.45) is 5.73 Å². The van der Waals surface area contributed by atoms with Crippen LogP contribution in [-0.2, 0) is 14.9 Å². The third-order valence-electron chi connectivity index (χ3n) is 5.18. The molecule has 0 unspecified atom stereocenters. The zero-order chi connectivity index (χ0) is 20.3. The van der Waals surface area contributed by atoms with Gasteiger partial charge in [0, 0.05) is 22.9 Å². The van der Waals surface area contributed by atoms with Gasteiger partial charge in [0.15, 0.2) is 0 Å². The molecule has 4 fully saturated rings. The second kappa shape index (κ2) is 6.09. The van der Waals surface area contributed by atoms with Crippen LogP contribution in [0, 0.1) is 0 Å². The molecule has 27 heavy (non-hydrogen) atoms. The summed E-state index contributed by atoms with van der Waals surface area (Å²) in [5.74, 6) is -1.90. The molecular formula is C15H16F6N2O4. The van der Waals surface area contributed by atoms with Gasteiger partial charge < -0.3 is 15.4 Å². The number of alkyl halides is 6. The Morgan fingerprint density at radius 2 is 1.74 bits per heavy atom. The summed E-state index contributed by atoms with van der Waals surface area (Å²) in [5, 5.41) is 11.1. The molecule has 1 aromatic rings. The number of carboxylic acid groups (broad SMARTS) is 1. The standard InChI is InChI=1S/C13H15F3N2O2.C2HF3O2/c14-13(15,16)19-8-1-7(2-8)9-3-10(20-18-9)11-4-12(17,5-11)6-11;3-2(4,5)1(6)7/h3,7-8H,1-2,4-6,17H2;(H,6,7)/t7-,8-,11?,12?;. The van der Waals surface area contributed by atoms with Crippen molar-refractivity contribution in [3.05, 3.63) is 17.5 Å². The smallest absolute Gasteiger partial charge is 0.475 e. The second-order valence-corrected chi connectivity index (χ2v) is 7.45. The number of carboxylic acids is 1. The molecule has 0 spiro atoms. The Hall–Kier alpha value is -1.82. The lowest BCUT2D eigenvalue weighted by Crippen LogP contribution is -2.74. The number of nitrogens with two attached hydrogens (primary N) is 1. The number of aromatic nitrogens is 1. The van der Waals surface area contributed by atoms with Crippen LogP contribution in [0.25, 0.3) is 0 Å². The Balaban J connectivity index is 0.000000260. The minimum atomic E-state index is -5.08. The number of ether oxygens (including phenoxy) is 1. The van der Waals surface area contributed by atoms with E-state index < -0.39 is 24.6 Å². The van der Waals surface area contributed by atoms with Gasteiger partial charge in [0.2, 0.25) is 0 Å². The molecule has 152 valence electrons. The molecule has 5 rings (SSSR count). The maximum absolute atomic E-state index is 12.0. The highest BCUT2D eigenvalue weighted by atomic mass is 19.4. The number of aliphatic carboxylic acids is 1. The summed E-state index contributed by atoms with van der Waals surface area (Å²) in [4.78, 5) is 8.90. The largest absolute Gasteiger partial charge is 0.522 e. The third-order valence-corrected chi connectivity index (χ3v) is 5.18. The Morgan fingerprint density at radius 1 is 1.22 bits per heavy atom. The van der Waals surface area contributed by atoms with E-state index in [0.717, 1.165) is 30.7 Å². The first kappa shape index (κ1) is 19.9. The van der Waals surface area contributed by atoms with Crippen LogP contribution in [0.2, 0.25) is 0 Å². The van der Waals surface area contributed by atoms with Gasteiger partial charge in [0.1, 0.15) is 5.76 Å². The number of halogens is 6. The second-order valence-electron chi connectivity index (χ2n) is 7.45. The van der Waals surface area contributed by atoms with E-state index in [2.05, 4.69) is 9.89 Å². The SMILES string of the molecule is NC12CC(c3cc([C@H]4C[C@H](OC(F)(F)F)C4)no3)(C1)C2.O=C(O)C(F)(F)F. The molecule has 1 heterocycles. The van der Waals surface area contributed by atoms with Gasteiger partial charge in [0.05, 0.1) is 11.8 Å². The predicted octanol–water partition coefficient (Wildman–Crippen LogP) is 3.22. The number of rotatable bonds is 3. The van der Waals surface area contributed by atoms with E-state index in [1.165, 1.54) is 0 Å². The number of hydrogen-bond donors (Lipinski definition) is 2. The van der Waals surface area contributed by atoms with Crippen LogP contribution in [-0.4, -0.2) is 40.4 Å². The molecule has 0 aliphatic heterocycles. The molecule has 12 heteroatoms. The van der Waals surface area contributed by atoms with E-state index >= 15 is 0 Å². The van der Waals surface area contributed by atoms with E-state index in [4.69, 9.17) is 20.2 Å². The van der Waals surface area contributed by atoms with Gasteiger partial charge in [-0.15, -0.1) is 13.2 Å². The zero-order valence-corrected chi connectivity index (χ0v) is 13.7. The lowest BCUT2D eigenvalue weighted by atomic mass is 9.39. The lowest BCUT2D eigenvalue weighted by Gasteiger charge is -2.67. The Bertz CT molecular complexity index is 703. The van der Waals surface area contributed by atoms with Gasteiger partial charge in [-0.05, 0) is 32.1 Å². The first-order valence-electron chi connectivity index (χ1n) is 8.02. The molecule has 4 aliphatic carbocycles. The maximum Gasteiger partial charge on any atom is 0.522 e. The van der Waals surface area contributed by atoms with Crippen molar-refractivity contribution in [1.29, 1.82) is 0 Å². The highest BCUT2D eigenvalue weighted by Crippen LogP contribution is 2.66. The van der Waals surface area contributed by atoms with E-state index in [1.54, 1.807) is 0 Å². The molecule has 0 amide bonds. The predicted molar refractivity (Wildman–Crippen MR) is 75.5 cm³/mol. The fourth-order valence-corrected chi connectivity index (χ4v) is 3.95. The molecule has 6 nitrogen and oxygen atoms in total. The molecule has 4 saturated carbocycles. The van der Waals surface area contributed by atoms with E-state index in [1.807, 2.05) is 6.07 Å². The Kier molecular flexibility index (Phi) is 4.50. The summed E-state index contributed by atoms with van der Waals surface area (Å²) >= 11 is 0. The molecule has 3 N–H and O–H groups in total. The van der Waals surface area contributed by atoms with Gasteiger partial charge >= 0.3 is 18.5 Å². The minimum Gasteiger partial charge on any atom is -0.475 e. The average Bonchev–Trinajstić information content (AvgIpc) is 2.85. The van der Waals surface area contributed by atoms with Gasteiger partial charge in [-0.3, -0.25) is 4.74 Å². The molecule has 0 saturated heterocycles. The summed E-state index contributed by atoms with van der Waals surface area (Å²) in [5.41, 5.74) is 6.81. The fraction of sp³-hybridized carbons (Fsp3) is 0.733. The van der Waals surface area contributed by atoms with Crippen molar-refractivity contribution < 1.29 is 45.5 Å². The molecule has 0 radical (unpaired) electrons. The van der Waals surface area contributed by atoms with Crippen LogP contribution in [0.3, 0.4) is 0 Å². The van der Waals surface area contributed by atoms with Crippen LogP contribution in [0.1, 0.15) is 49.5 Å². The minimum absolute atomic E-state index is 0.00489. The molecule has 1 aromatic heterocycles. The summed E-state index contributed by atoms with van der Waals surface area (Å²) in [6.07, 6.45) is -6.90. The average molecular weight is 402 g/mol. The van der Waals surface area contributed by atoms with E-state index in [9.17, 15) is 26.3 Å².